The number of carboxylic acid groups (broad SMARTS) is 1. The summed E-state index contributed by atoms with van der Waals surface area (Å²) in [5.41, 5.74) is 3.20. The topological polar surface area (TPSA) is 83.5 Å². The van der Waals surface area contributed by atoms with Crippen molar-refractivity contribution in [2.24, 2.45) is 5.41 Å². The Morgan fingerprint density at radius 1 is 1.27 bits per heavy atom. The van der Waals surface area contributed by atoms with Crippen LogP contribution in [0.25, 0.3) is 0 Å². The summed E-state index contributed by atoms with van der Waals surface area (Å²) in [5, 5.41) is 12.6. The minimum atomic E-state index is -1.68. The molecule has 10 heteroatoms. The number of nitrogens with zero attached hydrogens (tertiary/aromatic N) is 2. The van der Waals surface area contributed by atoms with Crippen LogP contribution < -0.4 is 10.5 Å². The summed E-state index contributed by atoms with van der Waals surface area (Å²) in [6.45, 7) is 5.33. The Hall–Kier alpha value is -2.27. The number of carboxylic acids is 1. The molecule has 2 aliphatic rings. The largest absolute Gasteiger partial charge is 0.480 e. The van der Waals surface area contributed by atoms with E-state index in [0.717, 1.165) is 5.23 Å². The first kappa shape index (κ1) is 21.0. The first-order valence-electron chi connectivity index (χ1n) is 9.26. The number of hydrogen-bond donors (Lipinski definition) is 2. The Morgan fingerprint density at radius 2 is 2.00 bits per heavy atom. The summed E-state index contributed by atoms with van der Waals surface area (Å²) in [7, 11) is 0. The molecule has 2 atom stereocenters. The molecule has 0 aromatic heterocycles. The fourth-order valence-corrected chi connectivity index (χ4v) is 3.65. The molecule has 2 aromatic carbocycles. The lowest BCUT2D eigenvalue weighted by atomic mass is 9.86. The van der Waals surface area contributed by atoms with Gasteiger partial charge in [0.15, 0.2) is 6.04 Å². The van der Waals surface area contributed by atoms with Crippen molar-refractivity contribution < 1.29 is 28.9 Å². The first-order valence-corrected chi connectivity index (χ1v) is 9.64. The fraction of sp³-hybridized carbons (Fsp3) is 0.350. The molecule has 0 bridgehead atoms. The van der Waals surface area contributed by atoms with Crippen LogP contribution in [0.5, 0.6) is 0 Å². The molecule has 2 heterocycles. The van der Waals surface area contributed by atoms with E-state index >= 15 is 0 Å². The van der Waals surface area contributed by atoms with E-state index in [1.54, 1.807) is 57.2 Å². The van der Waals surface area contributed by atoms with E-state index in [9.17, 15) is 14.3 Å². The van der Waals surface area contributed by atoms with Crippen molar-refractivity contribution in [3.8, 4) is 0 Å². The lowest BCUT2D eigenvalue weighted by Crippen LogP contribution is -2.51. The zero-order chi connectivity index (χ0) is 21.7. The second kappa shape index (κ2) is 7.45. The van der Waals surface area contributed by atoms with E-state index in [2.05, 4.69) is 5.48 Å². The van der Waals surface area contributed by atoms with E-state index in [0.29, 0.717) is 21.8 Å². The van der Waals surface area contributed by atoms with Crippen molar-refractivity contribution in [3.63, 3.8) is 0 Å². The second-order valence-corrected chi connectivity index (χ2v) is 8.61. The van der Waals surface area contributed by atoms with E-state index < -0.39 is 29.2 Å². The van der Waals surface area contributed by atoms with Gasteiger partial charge in [0.05, 0.1) is 17.8 Å². The van der Waals surface area contributed by atoms with Gasteiger partial charge in [0.25, 0.3) is 0 Å². The van der Waals surface area contributed by atoms with Crippen molar-refractivity contribution >= 4 is 23.3 Å². The van der Waals surface area contributed by atoms with Crippen LogP contribution in [0.4, 0.5) is 10.1 Å². The van der Waals surface area contributed by atoms with Gasteiger partial charge in [0, 0.05) is 10.6 Å². The molecule has 0 saturated carbocycles. The molecule has 1 fully saturated rings. The molecular weight excluding hydrogens is 417 g/mol. The lowest BCUT2D eigenvalue weighted by molar-refractivity contribution is -0.369. The fourth-order valence-electron chi connectivity index (χ4n) is 3.48. The summed E-state index contributed by atoms with van der Waals surface area (Å²) < 4.78 is 14.0. The maximum Gasteiger partial charge on any atom is 0.329 e. The van der Waals surface area contributed by atoms with Gasteiger partial charge in [-0.05, 0) is 34.9 Å². The molecule has 0 radical (unpaired) electrons. The Labute approximate surface area is 177 Å². The average molecular weight is 438 g/mol. The number of hydroxylamine groups is 4. The number of hydrogen-bond acceptors (Lipinski definition) is 7. The van der Waals surface area contributed by atoms with Crippen molar-refractivity contribution in [1.82, 2.24) is 10.7 Å². The summed E-state index contributed by atoms with van der Waals surface area (Å²) in [4.78, 5) is 29.3. The van der Waals surface area contributed by atoms with Crippen LogP contribution in [0.1, 0.15) is 31.9 Å². The molecule has 30 heavy (non-hydrogen) atoms. The third kappa shape index (κ3) is 3.64. The van der Waals surface area contributed by atoms with Crippen LogP contribution in [-0.4, -0.2) is 22.3 Å². The third-order valence-corrected chi connectivity index (χ3v) is 5.07. The minimum Gasteiger partial charge on any atom is -0.480 e. The van der Waals surface area contributed by atoms with Gasteiger partial charge in [-0.1, -0.05) is 50.6 Å². The molecule has 1 spiro atoms. The van der Waals surface area contributed by atoms with Gasteiger partial charge in [-0.2, -0.15) is 4.94 Å². The maximum absolute atomic E-state index is 14.0. The number of fused-ring (bicyclic) bond motifs is 2. The highest BCUT2D eigenvalue weighted by Crippen LogP contribution is 2.48. The van der Waals surface area contributed by atoms with Gasteiger partial charge in [-0.25, -0.2) is 23.9 Å². The summed E-state index contributed by atoms with van der Waals surface area (Å²) >= 11 is 6.17. The Bertz CT molecular complexity index is 985. The SMILES string of the molecule is CC(C)(C)C(C(=O)O)N1OC2(NON(Cc3ccccc3F)O2)c2cc(Cl)ccc21. The summed E-state index contributed by atoms with van der Waals surface area (Å²) in [6.07, 6.45) is 0. The molecule has 2 unspecified atom stereocenters. The number of aliphatic carboxylic acids is 1. The maximum atomic E-state index is 14.0. The van der Waals surface area contributed by atoms with Crippen molar-refractivity contribution in [1.29, 1.82) is 0 Å². The zero-order valence-electron chi connectivity index (χ0n) is 16.6. The highest BCUT2D eigenvalue weighted by molar-refractivity contribution is 6.30. The van der Waals surface area contributed by atoms with Crippen LogP contribution in [0.2, 0.25) is 5.02 Å². The normalized spacial score (nSPS) is 22.5. The molecule has 8 nitrogen and oxygen atoms in total. The molecule has 2 aliphatic heterocycles. The molecule has 1 saturated heterocycles. The summed E-state index contributed by atoms with van der Waals surface area (Å²) in [6, 6.07) is 10.0. The molecular formula is C20H21ClFN3O5. The van der Waals surface area contributed by atoms with Gasteiger partial charge in [-0.15, -0.1) is 5.48 Å². The molecule has 0 aliphatic carbocycles. The predicted molar refractivity (Wildman–Crippen MR) is 105 cm³/mol. The number of carbonyl (C=O) groups is 1. The molecule has 0 amide bonds. The number of halogens is 2. The van der Waals surface area contributed by atoms with Gasteiger partial charge in [0.1, 0.15) is 5.82 Å². The number of benzene rings is 2. The smallest absolute Gasteiger partial charge is 0.329 e. The van der Waals surface area contributed by atoms with Crippen LogP contribution in [0.3, 0.4) is 0 Å². The van der Waals surface area contributed by atoms with Crippen molar-refractivity contribution in [2.75, 3.05) is 5.06 Å². The monoisotopic (exact) mass is 437 g/mol. The lowest BCUT2D eigenvalue weighted by Gasteiger charge is -2.35. The van der Waals surface area contributed by atoms with Crippen molar-refractivity contribution in [3.05, 3.63) is 64.4 Å². The highest BCUT2D eigenvalue weighted by Gasteiger charge is 2.56. The predicted octanol–water partition coefficient (Wildman–Crippen LogP) is 3.72. The standard InChI is InChI=1S/C20H21ClFN3O5/c1-19(2,3)17(18(26)27)25-16-9-8-13(21)10-14(16)20(29-25)23-30-24(28-20)11-12-6-4-5-7-15(12)22/h4-10,17,23H,11H2,1-3H3,(H,26,27). The van der Waals surface area contributed by atoms with Crippen LogP contribution in [-0.2, 0) is 31.9 Å². The van der Waals surface area contributed by atoms with E-state index in [1.165, 1.54) is 11.1 Å². The van der Waals surface area contributed by atoms with Gasteiger partial charge in [0.2, 0.25) is 0 Å². The van der Waals surface area contributed by atoms with Gasteiger partial charge < -0.3 is 5.11 Å². The number of rotatable bonds is 4. The third-order valence-electron chi connectivity index (χ3n) is 4.84. The quantitative estimate of drug-likeness (QED) is 0.748. The highest BCUT2D eigenvalue weighted by atomic mass is 35.5. The van der Waals surface area contributed by atoms with Gasteiger partial charge in [-0.3, -0.25) is 0 Å². The van der Waals surface area contributed by atoms with Crippen LogP contribution >= 0.6 is 11.6 Å². The van der Waals surface area contributed by atoms with Crippen LogP contribution in [0, 0.1) is 11.2 Å². The number of nitrogens with one attached hydrogen (secondary N) is 1. The van der Waals surface area contributed by atoms with Crippen LogP contribution in [0.15, 0.2) is 42.5 Å². The van der Waals surface area contributed by atoms with E-state index in [-0.39, 0.29) is 6.54 Å². The van der Waals surface area contributed by atoms with Crippen molar-refractivity contribution in [2.45, 2.75) is 39.3 Å². The summed E-state index contributed by atoms with van der Waals surface area (Å²) in [5.74, 6) is -3.16. The molecule has 2 N–H and O–H groups in total. The molecule has 2 aromatic rings. The molecule has 4 rings (SSSR count). The Kier molecular flexibility index (Phi) is 5.21. The average Bonchev–Trinajstić information content (AvgIpc) is 3.18. The second-order valence-electron chi connectivity index (χ2n) is 8.17. The van der Waals surface area contributed by atoms with E-state index in [1.807, 2.05) is 0 Å². The first-order chi connectivity index (χ1) is 14.1. The zero-order valence-corrected chi connectivity index (χ0v) is 17.3. The van der Waals surface area contributed by atoms with Gasteiger partial charge >= 0.3 is 11.9 Å². The number of anilines is 1. The Morgan fingerprint density at radius 3 is 2.67 bits per heavy atom. The minimum absolute atomic E-state index is 0.0394. The van der Waals surface area contributed by atoms with E-state index in [4.69, 9.17) is 26.2 Å². The molecule has 160 valence electrons. The Balaban J connectivity index is 1.67.